The van der Waals surface area contributed by atoms with Gasteiger partial charge in [-0.05, 0) is 37.6 Å². The van der Waals surface area contributed by atoms with Gasteiger partial charge in [-0.2, -0.15) is 0 Å². The Bertz CT molecular complexity index is 505. The monoisotopic (exact) mass is 282 g/mol. The van der Waals surface area contributed by atoms with Crippen LogP contribution in [0.15, 0.2) is 72.3 Å². The van der Waals surface area contributed by atoms with E-state index < -0.39 is 0 Å². The highest BCUT2D eigenvalue weighted by Crippen LogP contribution is 2.18. The smallest absolute Gasteiger partial charge is 0.244 e. The van der Waals surface area contributed by atoms with Crippen LogP contribution in [0.25, 0.3) is 0 Å². The van der Waals surface area contributed by atoms with E-state index in [0.29, 0.717) is 0 Å². The highest BCUT2D eigenvalue weighted by atomic mass is 16.7. The molecule has 2 heteroatoms. The summed E-state index contributed by atoms with van der Waals surface area (Å²) < 4.78 is 11.9. The van der Waals surface area contributed by atoms with Crippen LogP contribution in [0.4, 0.5) is 0 Å². The molecule has 0 aliphatic heterocycles. The molecule has 0 saturated heterocycles. The minimum Gasteiger partial charge on any atom is -0.455 e. The van der Waals surface area contributed by atoms with Crippen LogP contribution < -0.4 is 9.47 Å². The van der Waals surface area contributed by atoms with Crippen LogP contribution in [0.2, 0.25) is 0 Å². The zero-order valence-electron chi connectivity index (χ0n) is 12.7. The van der Waals surface area contributed by atoms with Gasteiger partial charge in [-0.15, -0.1) is 0 Å². The van der Waals surface area contributed by atoms with E-state index in [1.807, 2.05) is 60.7 Å². The highest BCUT2D eigenvalue weighted by molar-refractivity contribution is 5.23. The van der Waals surface area contributed by atoms with E-state index in [4.69, 9.17) is 9.47 Å². The molecular weight excluding hydrogens is 260 g/mol. The van der Waals surface area contributed by atoms with E-state index in [0.717, 1.165) is 24.3 Å². The molecule has 0 aliphatic carbocycles. The summed E-state index contributed by atoms with van der Waals surface area (Å²) in [7, 11) is 0. The first-order valence-electron chi connectivity index (χ1n) is 7.37. The van der Waals surface area contributed by atoms with E-state index >= 15 is 0 Å². The minimum atomic E-state index is -0.323. The quantitative estimate of drug-likeness (QED) is 0.512. The molecule has 0 spiro atoms. The van der Waals surface area contributed by atoms with Crippen molar-refractivity contribution in [3.05, 3.63) is 72.3 Å². The Labute approximate surface area is 127 Å². The summed E-state index contributed by atoms with van der Waals surface area (Å²) >= 11 is 0. The maximum absolute atomic E-state index is 5.95. The Morgan fingerprint density at radius 2 is 1.38 bits per heavy atom. The average molecular weight is 282 g/mol. The molecule has 0 radical (unpaired) electrons. The lowest BCUT2D eigenvalue weighted by Gasteiger charge is -2.19. The summed E-state index contributed by atoms with van der Waals surface area (Å²) in [5, 5.41) is 0. The van der Waals surface area contributed by atoms with Gasteiger partial charge in [0.1, 0.15) is 11.5 Å². The number of hydrogen-bond acceptors (Lipinski definition) is 2. The first kappa shape index (κ1) is 15.2. The number of para-hydroxylation sites is 2. The molecule has 110 valence electrons. The van der Waals surface area contributed by atoms with Crippen LogP contribution >= 0.6 is 0 Å². The molecule has 2 aromatic rings. The van der Waals surface area contributed by atoms with Crippen molar-refractivity contribution in [2.24, 2.45) is 0 Å². The van der Waals surface area contributed by atoms with Crippen molar-refractivity contribution in [3.8, 4) is 11.5 Å². The first-order chi connectivity index (χ1) is 10.3. The third-order valence-electron chi connectivity index (χ3n) is 3.24. The van der Waals surface area contributed by atoms with E-state index in [2.05, 4.69) is 19.9 Å². The largest absolute Gasteiger partial charge is 0.455 e. The van der Waals surface area contributed by atoms with Gasteiger partial charge in [-0.3, -0.25) is 0 Å². The van der Waals surface area contributed by atoms with Crippen molar-refractivity contribution in [1.82, 2.24) is 0 Å². The van der Waals surface area contributed by atoms with Crippen molar-refractivity contribution in [1.29, 1.82) is 0 Å². The lowest BCUT2D eigenvalue weighted by molar-refractivity contribution is 0.00863. The SMILES string of the molecule is CCC(C)=CCC(Oc1ccccc1)Oc1ccccc1. The fourth-order valence-corrected chi connectivity index (χ4v) is 1.86. The van der Waals surface area contributed by atoms with Crippen molar-refractivity contribution in [2.75, 3.05) is 0 Å². The number of hydrogen-bond donors (Lipinski definition) is 0. The molecule has 0 aliphatic rings. The number of ether oxygens (including phenoxy) is 2. The molecule has 0 atom stereocenters. The molecule has 0 fully saturated rings. The van der Waals surface area contributed by atoms with Gasteiger partial charge in [0.15, 0.2) is 0 Å². The molecule has 0 saturated carbocycles. The lowest BCUT2D eigenvalue weighted by Crippen LogP contribution is -2.23. The second-order valence-corrected chi connectivity index (χ2v) is 4.93. The zero-order chi connectivity index (χ0) is 14.9. The summed E-state index contributed by atoms with van der Waals surface area (Å²) in [6.07, 6.45) is 3.62. The highest BCUT2D eigenvalue weighted by Gasteiger charge is 2.11. The molecule has 0 heterocycles. The van der Waals surface area contributed by atoms with Crippen molar-refractivity contribution in [3.63, 3.8) is 0 Å². The number of rotatable bonds is 7. The van der Waals surface area contributed by atoms with Crippen LogP contribution in [-0.4, -0.2) is 6.29 Å². The Hall–Kier alpha value is -2.22. The maximum Gasteiger partial charge on any atom is 0.244 e. The Morgan fingerprint density at radius 1 is 0.905 bits per heavy atom. The maximum atomic E-state index is 5.95. The van der Waals surface area contributed by atoms with Crippen LogP contribution in [0.5, 0.6) is 11.5 Å². The molecular formula is C19H22O2. The van der Waals surface area contributed by atoms with Crippen LogP contribution in [0, 0.1) is 0 Å². The number of allylic oxidation sites excluding steroid dienone is 1. The van der Waals surface area contributed by atoms with Crippen molar-refractivity contribution < 1.29 is 9.47 Å². The molecule has 0 aromatic heterocycles. The lowest BCUT2D eigenvalue weighted by atomic mass is 10.2. The number of benzene rings is 2. The second-order valence-electron chi connectivity index (χ2n) is 4.93. The summed E-state index contributed by atoms with van der Waals surface area (Å²) in [4.78, 5) is 0. The molecule has 0 bridgehead atoms. The summed E-state index contributed by atoms with van der Waals surface area (Å²) in [6, 6.07) is 19.6. The minimum absolute atomic E-state index is 0.323. The van der Waals surface area contributed by atoms with Crippen molar-refractivity contribution in [2.45, 2.75) is 33.0 Å². The molecule has 0 amide bonds. The standard InChI is InChI=1S/C19H22O2/c1-3-16(2)14-15-19(20-17-10-6-4-7-11-17)21-18-12-8-5-9-13-18/h4-14,19H,3,15H2,1-2H3. The molecule has 2 aromatic carbocycles. The summed E-state index contributed by atoms with van der Waals surface area (Å²) in [6.45, 7) is 4.28. The summed E-state index contributed by atoms with van der Waals surface area (Å²) in [5.74, 6) is 1.64. The van der Waals surface area contributed by atoms with E-state index in [1.54, 1.807) is 0 Å². The van der Waals surface area contributed by atoms with E-state index in [1.165, 1.54) is 5.57 Å². The van der Waals surface area contributed by atoms with Gasteiger partial charge < -0.3 is 9.47 Å². The molecule has 21 heavy (non-hydrogen) atoms. The molecule has 0 unspecified atom stereocenters. The van der Waals surface area contributed by atoms with Gasteiger partial charge in [0.05, 0.1) is 0 Å². The van der Waals surface area contributed by atoms with E-state index in [-0.39, 0.29) is 6.29 Å². The third-order valence-corrected chi connectivity index (χ3v) is 3.24. The molecule has 2 nitrogen and oxygen atoms in total. The van der Waals surface area contributed by atoms with E-state index in [9.17, 15) is 0 Å². The molecule has 2 rings (SSSR count). The Kier molecular flexibility index (Phi) is 5.89. The van der Waals surface area contributed by atoms with Gasteiger partial charge in [-0.1, -0.05) is 55.0 Å². The van der Waals surface area contributed by atoms with Crippen molar-refractivity contribution >= 4 is 0 Å². The topological polar surface area (TPSA) is 18.5 Å². The second kappa shape index (κ2) is 8.15. The van der Waals surface area contributed by atoms with Crippen LogP contribution in [0.3, 0.4) is 0 Å². The predicted molar refractivity (Wildman–Crippen MR) is 86.6 cm³/mol. The normalized spacial score (nSPS) is 11.5. The Morgan fingerprint density at radius 3 is 1.81 bits per heavy atom. The van der Waals surface area contributed by atoms with Gasteiger partial charge in [-0.25, -0.2) is 0 Å². The molecule has 0 N–H and O–H groups in total. The average Bonchev–Trinajstić information content (AvgIpc) is 2.54. The van der Waals surface area contributed by atoms with Gasteiger partial charge in [0.25, 0.3) is 0 Å². The fourth-order valence-electron chi connectivity index (χ4n) is 1.86. The van der Waals surface area contributed by atoms with Gasteiger partial charge in [0, 0.05) is 6.42 Å². The van der Waals surface area contributed by atoms with Gasteiger partial charge >= 0.3 is 0 Å². The third kappa shape index (κ3) is 5.35. The zero-order valence-corrected chi connectivity index (χ0v) is 12.7. The van der Waals surface area contributed by atoms with Crippen LogP contribution in [-0.2, 0) is 0 Å². The first-order valence-corrected chi connectivity index (χ1v) is 7.37. The van der Waals surface area contributed by atoms with Crippen LogP contribution in [0.1, 0.15) is 26.7 Å². The summed E-state index contributed by atoms with van der Waals surface area (Å²) in [5.41, 5.74) is 1.34. The predicted octanol–water partition coefficient (Wildman–Crippen LogP) is 5.22. The Balaban J connectivity index is 2.06. The van der Waals surface area contributed by atoms with Gasteiger partial charge in [0.2, 0.25) is 6.29 Å². The fraction of sp³-hybridized carbons (Fsp3) is 0.263.